The maximum atomic E-state index is 13.8. The number of anilines is 2. The lowest BCUT2D eigenvalue weighted by molar-refractivity contribution is -0.136. The quantitative estimate of drug-likeness (QED) is 0.405. The molecule has 4 rings (SSSR count). The first kappa shape index (κ1) is 21.3. The smallest absolute Gasteiger partial charge is 0.303 e. The van der Waals surface area contributed by atoms with Gasteiger partial charge in [0, 0.05) is 11.4 Å². The van der Waals surface area contributed by atoms with E-state index in [1.807, 2.05) is 43.0 Å². The maximum Gasteiger partial charge on any atom is 0.407 e. The summed E-state index contributed by atoms with van der Waals surface area (Å²) < 4.78 is 40.6. The van der Waals surface area contributed by atoms with Crippen LogP contribution in [0.3, 0.4) is 0 Å². The van der Waals surface area contributed by atoms with Gasteiger partial charge >= 0.3 is 6.18 Å². The second-order valence-electron chi connectivity index (χ2n) is 8.12. The van der Waals surface area contributed by atoms with E-state index in [1.54, 1.807) is 0 Å². The molecule has 0 N–H and O–H groups in total. The zero-order valence-corrected chi connectivity index (χ0v) is 17.8. The third-order valence-electron chi connectivity index (χ3n) is 6.32. The third kappa shape index (κ3) is 3.19. The molecule has 0 bridgehead atoms. The molecule has 1 heterocycles. The Morgan fingerprint density at radius 2 is 1.81 bits per heavy atom. The molecule has 8 heteroatoms. The molecule has 2 aromatic carbocycles. The fraction of sp³-hybridized carbons (Fsp3) is 0.348. The lowest BCUT2D eigenvalue weighted by Crippen LogP contribution is -2.52. The van der Waals surface area contributed by atoms with Crippen LogP contribution in [-0.2, 0) is 11.0 Å². The molecule has 2 aromatic rings. The van der Waals surface area contributed by atoms with Crippen LogP contribution in [0.25, 0.3) is 4.85 Å². The van der Waals surface area contributed by atoms with Gasteiger partial charge in [-0.2, -0.15) is 13.2 Å². The number of carbonyl (C=O) groups excluding carboxylic acids is 1. The topological polar surface area (TPSA) is 27.9 Å². The number of benzene rings is 2. The molecule has 2 unspecified atom stereocenters. The van der Waals surface area contributed by atoms with E-state index in [9.17, 15) is 18.0 Å². The molecule has 0 radical (unpaired) electrons. The molecule has 31 heavy (non-hydrogen) atoms. The Balaban J connectivity index is 1.88. The zero-order valence-electron chi connectivity index (χ0n) is 17.0. The molecule has 1 amide bonds. The van der Waals surface area contributed by atoms with Crippen LogP contribution < -0.4 is 9.80 Å². The van der Waals surface area contributed by atoms with Gasteiger partial charge in [0.05, 0.1) is 12.1 Å². The predicted molar refractivity (Wildman–Crippen MR) is 117 cm³/mol. The van der Waals surface area contributed by atoms with Gasteiger partial charge in [-0.1, -0.05) is 37.1 Å². The van der Waals surface area contributed by atoms with Crippen molar-refractivity contribution in [3.8, 4) is 0 Å². The summed E-state index contributed by atoms with van der Waals surface area (Å²) in [6, 6.07) is 10.9. The monoisotopic (exact) mass is 443 g/mol. The summed E-state index contributed by atoms with van der Waals surface area (Å²) in [5.41, 5.74) is -0.679. The van der Waals surface area contributed by atoms with E-state index in [2.05, 4.69) is 4.85 Å². The molecular weight excluding hydrogens is 423 g/mol. The maximum absolute atomic E-state index is 13.8. The van der Waals surface area contributed by atoms with E-state index >= 15 is 0 Å². The summed E-state index contributed by atoms with van der Waals surface area (Å²) in [5.74, 6) is -0.333. The molecular formula is C23H20F3N3OS. The van der Waals surface area contributed by atoms with Crippen LogP contribution in [0.5, 0.6) is 0 Å². The van der Waals surface area contributed by atoms with Gasteiger partial charge in [0.1, 0.15) is 5.54 Å². The van der Waals surface area contributed by atoms with Crippen molar-refractivity contribution < 1.29 is 18.0 Å². The summed E-state index contributed by atoms with van der Waals surface area (Å²) in [6.45, 7) is 11.0. The Morgan fingerprint density at radius 3 is 2.35 bits per heavy atom. The highest BCUT2D eigenvalue weighted by Crippen LogP contribution is 2.49. The van der Waals surface area contributed by atoms with Gasteiger partial charge in [-0.15, -0.1) is 0 Å². The molecule has 1 saturated heterocycles. The molecule has 0 aromatic heterocycles. The van der Waals surface area contributed by atoms with Crippen molar-refractivity contribution in [1.29, 1.82) is 0 Å². The molecule has 1 aliphatic heterocycles. The van der Waals surface area contributed by atoms with Crippen LogP contribution in [0.2, 0.25) is 0 Å². The summed E-state index contributed by atoms with van der Waals surface area (Å²) in [4.78, 5) is 19.8. The van der Waals surface area contributed by atoms with Crippen molar-refractivity contribution in [2.75, 3.05) is 9.80 Å². The number of carbonyl (C=O) groups is 1. The molecule has 2 aliphatic rings. The van der Waals surface area contributed by atoms with E-state index < -0.39 is 23.0 Å². The first-order valence-corrected chi connectivity index (χ1v) is 10.4. The number of alkyl halides is 3. The molecule has 1 aliphatic carbocycles. The van der Waals surface area contributed by atoms with E-state index in [4.69, 9.17) is 18.8 Å². The van der Waals surface area contributed by atoms with E-state index in [-0.39, 0.29) is 22.6 Å². The molecule has 2 atom stereocenters. The number of hydrogen-bond acceptors (Lipinski definition) is 2. The molecule has 2 fully saturated rings. The highest BCUT2D eigenvalue weighted by atomic mass is 32.1. The van der Waals surface area contributed by atoms with Crippen molar-refractivity contribution in [3.63, 3.8) is 0 Å². The Morgan fingerprint density at radius 1 is 1.16 bits per heavy atom. The minimum absolute atomic E-state index is 0.0196. The summed E-state index contributed by atoms with van der Waals surface area (Å²) in [5, 5.41) is 0.159. The molecule has 1 saturated carbocycles. The number of hydrogen-bond donors (Lipinski definition) is 0. The minimum Gasteiger partial charge on any atom is -0.303 e. The number of halogens is 3. The zero-order chi connectivity index (χ0) is 22.6. The van der Waals surface area contributed by atoms with Crippen LogP contribution in [0.1, 0.15) is 37.3 Å². The average molecular weight is 443 g/mol. The highest BCUT2D eigenvalue weighted by molar-refractivity contribution is 7.81. The highest BCUT2D eigenvalue weighted by Gasteiger charge is 2.60. The standard InChI is InChI=1S/C23H20F3N3OS/c1-14-6-8-16(9-7-14)29-21(31)28(20(30)22(29)12-4-5-15(22)2)17-10-11-19(27-3)18(13-17)23(24,25)26/h6-11,13,15H,4-5,12H2,1-2H3. The summed E-state index contributed by atoms with van der Waals surface area (Å²) in [6.07, 6.45) is -2.48. The van der Waals surface area contributed by atoms with Crippen molar-refractivity contribution in [3.05, 3.63) is 65.0 Å². The number of rotatable bonds is 2. The van der Waals surface area contributed by atoms with Gasteiger partial charge in [-0.3, -0.25) is 9.69 Å². The summed E-state index contributed by atoms with van der Waals surface area (Å²) in [7, 11) is 0. The van der Waals surface area contributed by atoms with Gasteiger partial charge in [0.15, 0.2) is 10.8 Å². The largest absolute Gasteiger partial charge is 0.407 e. The van der Waals surface area contributed by atoms with Gasteiger partial charge in [0.25, 0.3) is 5.91 Å². The first-order valence-electron chi connectivity index (χ1n) is 9.95. The predicted octanol–water partition coefficient (Wildman–Crippen LogP) is 6.26. The third-order valence-corrected chi connectivity index (χ3v) is 6.69. The number of nitrogens with zero attached hydrogens (tertiary/aromatic N) is 3. The number of thiocarbonyl (C=S) groups is 1. The van der Waals surface area contributed by atoms with Crippen molar-refractivity contribution in [2.45, 2.75) is 44.8 Å². The van der Waals surface area contributed by atoms with Crippen LogP contribution in [0.15, 0.2) is 42.5 Å². The van der Waals surface area contributed by atoms with Crippen LogP contribution in [0.4, 0.5) is 30.2 Å². The number of aryl methyl sites for hydroxylation is 1. The van der Waals surface area contributed by atoms with Gasteiger partial charge < -0.3 is 4.90 Å². The molecule has 160 valence electrons. The van der Waals surface area contributed by atoms with E-state index in [0.717, 1.165) is 36.2 Å². The van der Waals surface area contributed by atoms with Gasteiger partial charge in [-0.25, -0.2) is 4.85 Å². The molecule has 4 nitrogen and oxygen atoms in total. The van der Waals surface area contributed by atoms with E-state index in [0.29, 0.717) is 6.42 Å². The van der Waals surface area contributed by atoms with Gasteiger partial charge in [-0.05, 0) is 62.2 Å². The van der Waals surface area contributed by atoms with Crippen LogP contribution in [-0.4, -0.2) is 16.6 Å². The Kier molecular flexibility index (Phi) is 5.05. The fourth-order valence-corrected chi connectivity index (χ4v) is 5.17. The number of amides is 1. The summed E-state index contributed by atoms with van der Waals surface area (Å²) >= 11 is 5.69. The van der Waals surface area contributed by atoms with Gasteiger partial charge in [0.2, 0.25) is 0 Å². The lowest BCUT2D eigenvalue weighted by Gasteiger charge is -2.36. The second kappa shape index (κ2) is 7.34. The van der Waals surface area contributed by atoms with Crippen LogP contribution >= 0.6 is 12.2 Å². The Hall–Kier alpha value is -2.92. The fourth-order valence-electron chi connectivity index (χ4n) is 4.71. The minimum atomic E-state index is -4.71. The van der Waals surface area contributed by atoms with Crippen molar-refractivity contribution in [2.24, 2.45) is 5.92 Å². The average Bonchev–Trinajstić information content (AvgIpc) is 3.20. The lowest BCUT2D eigenvalue weighted by atomic mass is 9.86. The normalized spacial score (nSPS) is 23.7. The molecule has 1 spiro atoms. The van der Waals surface area contributed by atoms with Crippen molar-refractivity contribution >= 4 is 40.3 Å². The van der Waals surface area contributed by atoms with Crippen LogP contribution in [0, 0.1) is 19.4 Å². The Labute approximate surface area is 184 Å². The SMILES string of the molecule is [C-]#[N+]c1ccc(N2C(=O)C3(CCCC3C)N(c3ccc(C)cc3)C2=S)cc1C(F)(F)F. The van der Waals surface area contributed by atoms with E-state index in [1.165, 1.54) is 11.0 Å². The van der Waals surface area contributed by atoms with Crippen molar-refractivity contribution in [1.82, 2.24) is 0 Å². The first-order chi connectivity index (χ1) is 14.6. The second-order valence-corrected chi connectivity index (χ2v) is 8.49. The Bertz CT molecular complexity index is 1110.